The second kappa shape index (κ2) is 8.37. The molecule has 1 spiro atoms. The van der Waals surface area contributed by atoms with E-state index in [1.54, 1.807) is 12.1 Å². The molecule has 0 aliphatic carbocycles. The van der Waals surface area contributed by atoms with E-state index in [9.17, 15) is 9.90 Å². The summed E-state index contributed by atoms with van der Waals surface area (Å²) in [7, 11) is 0. The summed E-state index contributed by atoms with van der Waals surface area (Å²) < 4.78 is 10.8. The number of ether oxygens (including phenoxy) is 2. The molecule has 3 aliphatic rings. The third kappa shape index (κ3) is 3.59. The Bertz CT molecular complexity index is 1200. The largest absolute Gasteiger partial charge is 0.508 e. The van der Waals surface area contributed by atoms with Gasteiger partial charge in [-0.05, 0) is 42.7 Å². The van der Waals surface area contributed by atoms with Crippen LogP contribution in [0.25, 0.3) is 0 Å². The first-order chi connectivity index (χ1) is 16.6. The number of fused-ring (bicyclic) bond motifs is 1. The molecule has 0 saturated carbocycles. The number of phenols is 1. The predicted molar refractivity (Wildman–Crippen MR) is 128 cm³/mol. The fourth-order valence-electron chi connectivity index (χ4n) is 5.87. The highest BCUT2D eigenvalue weighted by Gasteiger charge is 2.54. The van der Waals surface area contributed by atoms with Gasteiger partial charge in [-0.25, -0.2) is 0 Å². The van der Waals surface area contributed by atoms with E-state index in [-0.39, 0.29) is 24.2 Å². The Kier molecular flexibility index (Phi) is 5.18. The normalized spacial score (nSPS) is 20.8. The SMILES string of the molecule is O=C(c1ccc2c(c1)OCO2)N1CCC2(CC1)CN(Cc1ccccc1O)C2c1ccccc1. The number of piperidine rings is 1. The van der Waals surface area contributed by atoms with Gasteiger partial charge in [-0.2, -0.15) is 0 Å². The third-order valence-corrected chi connectivity index (χ3v) is 7.61. The minimum Gasteiger partial charge on any atom is -0.508 e. The summed E-state index contributed by atoms with van der Waals surface area (Å²) >= 11 is 0. The van der Waals surface area contributed by atoms with Crippen molar-refractivity contribution < 1.29 is 19.4 Å². The number of likely N-dealkylation sites (tertiary alicyclic amines) is 2. The molecule has 6 nitrogen and oxygen atoms in total. The van der Waals surface area contributed by atoms with Crippen molar-refractivity contribution in [3.05, 3.63) is 89.5 Å². The minimum absolute atomic E-state index is 0.0507. The number of nitrogens with zero attached hydrogens (tertiary/aromatic N) is 2. The van der Waals surface area contributed by atoms with E-state index in [4.69, 9.17) is 9.47 Å². The van der Waals surface area contributed by atoms with Crippen LogP contribution in [0.1, 0.15) is 40.4 Å². The summed E-state index contributed by atoms with van der Waals surface area (Å²) in [6.07, 6.45) is 1.92. The smallest absolute Gasteiger partial charge is 0.253 e. The lowest BCUT2D eigenvalue weighted by Gasteiger charge is -2.61. The number of phenolic OH excluding ortho intramolecular Hbond substituents is 1. The number of hydrogen-bond acceptors (Lipinski definition) is 5. The average molecular weight is 457 g/mol. The Morgan fingerprint density at radius 1 is 0.941 bits per heavy atom. The molecule has 3 aromatic carbocycles. The molecule has 6 rings (SSSR count). The first-order valence-electron chi connectivity index (χ1n) is 11.9. The number of carbonyl (C=O) groups excluding carboxylic acids is 1. The monoisotopic (exact) mass is 456 g/mol. The molecule has 2 saturated heterocycles. The molecule has 3 aliphatic heterocycles. The van der Waals surface area contributed by atoms with Gasteiger partial charge in [0.2, 0.25) is 6.79 Å². The van der Waals surface area contributed by atoms with E-state index in [0.717, 1.165) is 38.0 Å². The van der Waals surface area contributed by atoms with Crippen molar-refractivity contribution in [3.8, 4) is 17.2 Å². The fourth-order valence-corrected chi connectivity index (χ4v) is 5.87. The number of amides is 1. The number of rotatable bonds is 4. The third-order valence-electron chi connectivity index (χ3n) is 7.61. The molecule has 3 aromatic rings. The molecular weight excluding hydrogens is 428 g/mol. The number of benzene rings is 3. The summed E-state index contributed by atoms with van der Waals surface area (Å²) in [6, 6.07) is 23.9. The van der Waals surface area contributed by atoms with Gasteiger partial charge in [0.1, 0.15) is 5.75 Å². The van der Waals surface area contributed by atoms with Gasteiger partial charge in [-0.1, -0.05) is 48.5 Å². The molecule has 34 heavy (non-hydrogen) atoms. The first-order valence-corrected chi connectivity index (χ1v) is 11.9. The van der Waals surface area contributed by atoms with Gasteiger partial charge < -0.3 is 19.5 Å². The summed E-state index contributed by atoms with van der Waals surface area (Å²) in [5.41, 5.74) is 3.04. The van der Waals surface area contributed by atoms with Crippen molar-refractivity contribution in [2.24, 2.45) is 5.41 Å². The van der Waals surface area contributed by atoms with Crippen molar-refractivity contribution >= 4 is 5.91 Å². The molecular formula is C28H28N2O4. The lowest BCUT2D eigenvalue weighted by atomic mass is 9.63. The Labute approximate surface area is 199 Å². The van der Waals surface area contributed by atoms with Gasteiger partial charge in [0.05, 0.1) is 0 Å². The quantitative estimate of drug-likeness (QED) is 0.622. The highest BCUT2D eigenvalue weighted by atomic mass is 16.7. The van der Waals surface area contributed by atoms with E-state index in [0.29, 0.717) is 29.4 Å². The Morgan fingerprint density at radius 3 is 2.47 bits per heavy atom. The summed E-state index contributed by atoms with van der Waals surface area (Å²) in [6.45, 7) is 3.36. The van der Waals surface area contributed by atoms with Crippen LogP contribution in [0.5, 0.6) is 17.2 Å². The van der Waals surface area contributed by atoms with Gasteiger partial charge in [0.15, 0.2) is 11.5 Å². The standard InChI is InChI=1S/C28H28N2O4/c31-23-9-5-4-8-22(23)17-30-18-28(26(30)20-6-2-1-3-7-20)12-14-29(15-13-28)27(32)21-10-11-24-25(16-21)34-19-33-24/h1-11,16,26,31H,12-15,17-19H2. The fraction of sp³-hybridized carbons (Fsp3) is 0.321. The van der Waals surface area contributed by atoms with Crippen LogP contribution >= 0.6 is 0 Å². The van der Waals surface area contributed by atoms with E-state index in [1.165, 1.54) is 5.56 Å². The van der Waals surface area contributed by atoms with Crippen LogP contribution < -0.4 is 9.47 Å². The van der Waals surface area contributed by atoms with Crippen molar-refractivity contribution in [1.29, 1.82) is 0 Å². The second-order valence-electron chi connectivity index (χ2n) is 9.57. The lowest BCUT2D eigenvalue weighted by molar-refractivity contribution is -0.113. The average Bonchev–Trinajstić information content (AvgIpc) is 3.33. The van der Waals surface area contributed by atoms with Gasteiger partial charge >= 0.3 is 0 Å². The number of carbonyl (C=O) groups is 1. The first kappa shape index (κ1) is 21.1. The number of hydrogen-bond donors (Lipinski definition) is 1. The summed E-state index contributed by atoms with van der Waals surface area (Å²) in [4.78, 5) is 17.6. The van der Waals surface area contributed by atoms with Crippen molar-refractivity contribution in [3.63, 3.8) is 0 Å². The molecule has 1 amide bonds. The lowest BCUT2D eigenvalue weighted by Crippen LogP contribution is -2.62. The van der Waals surface area contributed by atoms with Crippen LogP contribution in [-0.2, 0) is 6.54 Å². The van der Waals surface area contributed by atoms with E-state index in [2.05, 4.69) is 35.2 Å². The van der Waals surface area contributed by atoms with Crippen LogP contribution in [0.15, 0.2) is 72.8 Å². The number of aromatic hydroxyl groups is 1. The van der Waals surface area contributed by atoms with Gasteiger partial charge in [0, 0.05) is 48.8 Å². The Balaban J connectivity index is 1.19. The van der Waals surface area contributed by atoms with Crippen LogP contribution in [0, 0.1) is 5.41 Å². The molecule has 1 atom stereocenters. The zero-order valence-corrected chi connectivity index (χ0v) is 19.0. The summed E-state index contributed by atoms with van der Waals surface area (Å²) in [5, 5.41) is 10.3. The van der Waals surface area contributed by atoms with Gasteiger partial charge in [-0.3, -0.25) is 9.69 Å². The minimum atomic E-state index is 0.0507. The highest BCUT2D eigenvalue weighted by Crippen LogP contribution is 2.55. The van der Waals surface area contributed by atoms with Crippen LogP contribution in [0.2, 0.25) is 0 Å². The van der Waals surface area contributed by atoms with Crippen molar-refractivity contribution in [2.75, 3.05) is 26.4 Å². The maximum absolute atomic E-state index is 13.2. The number of para-hydroxylation sites is 1. The highest BCUT2D eigenvalue weighted by molar-refractivity contribution is 5.95. The van der Waals surface area contributed by atoms with E-state index >= 15 is 0 Å². The zero-order chi connectivity index (χ0) is 23.1. The molecule has 1 unspecified atom stereocenters. The molecule has 0 radical (unpaired) electrons. The van der Waals surface area contributed by atoms with Gasteiger partial charge in [0.25, 0.3) is 5.91 Å². The topological polar surface area (TPSA) is 62.2 Å². The molecule has 174 valence electrons. The predicted octanol–water partition coefficient (Wildman–Crippen LogP) is 4.60. The van der Waals surface area contributed by atoms with Crippen LogP contribution in [0.4, 0.5) is 0 Å². The van der Waals surface area contributed by atoms with Gasteiger partial charge in [-0.15, -0.1) is 0 Å². The van der Waals surface area contributed by atoms with Crippen molar-refractivity contribution in [1.82, 2.24) is 9.80 Å². The zero-order valence-electron chi connectivity index (χ0n) is 19.0. The Hall–Kier alpha value is -3.51. The maximum Gasteiger partial charge on any atom is 0.253 e. The second-order valence-corrected chi connectivity index (χ2v) is 9.57. The molecule has 0 aromatic heterocycles. The maximum atomic E-state index is 13.2. The Morgan fingerprint density at radius 2 is 1.68 bits per heavy atom. The van der Waals surface area contributed by atoms with E-state index in [1.807, 2.05) is 35.2 Å². The molecule has 3 heterocycles. The summed E-state index contributed by atoms with van der Waals surface area (Å²) in [5.74, 6) is 1.73. The van der Waals surface area contributed by atoms with E-state index < -0.39 is 0 Å². The molecule has 1 N–H and O–H groups in total. The van der Waals surface area contributed by atoms with Crippen LogP contribution in [0.3, 0.4) is 0 Å². The van der Waals surface area contributed by atoms with Crippen LogP contribution in [-0.4, -0.2) is 47.2 Å². The molecule has 0 bridgehead atoms. The van der Waals surface area contributed by atoms with Crippen molar-refractivity contribution in [2.45, 2.75) is 25.4 Å². The molecule has 2 fully saturated rings. The molecule has 6 heteroatoms.